The van der Waals surface area contributed by atoms with Crippen LogP contribution >= 0.6 is 0 Å². The normalized spacial score (nSPS) is 9.71. The maximum absolute atomic E-state index is 11.4. The van der Waals surface area contributed by atoms with Crippen LogP contribution in [0.15, 0.2) is 17.1 Å². The van der Waals surface area contributed by atoms with Crippen LogP contribution in [-0.2, 0) is 6.54 Å². The zero-order valence-electron chi connectivity index (χ0n) is 8.16. The molecule has 74 valence electrons. The van der Waals surface area contributed by atoms with Gasteiger partial charge in [-0.1, -0.05) is 0 Å². The number of hydrogen-bond acceptors (Lipinski definition) is 3. The summed E-state index contributed by atoms with van der Waals surface area (Å²) in [5, 5.41) is 8.35. The van der Waals surface area contributed by atoms with Crippen molar-refractivity contribution in [1.82, 2.24) is 4.57 Å². The molecule has 1 rings (SSSR count). The third kappa shape index (κ3) is 2.36. The molecule has 0 saturated carbocycles. The minimum atomic E-state index is -0.0605. The average Bonchev–Trinajstić information content (AvgIpc) is 2.14. The van der Waals surface area contributed by atoms with Crippen LogP contribution < -0.4 is 11.3 Å². The van der Waals surface area contributed by atoms with Crippen molar-refractivity contribution in [2.24, 2.45) is 0 Å². The van der Waals surface area contributed by atoms with Crippen molar-refractivity contribution in [2.75, 3.05) is 5.73 Å². The van der Waals surface area contributed by atoms with Gasteiger partial charge in [-0.2, -0.15) is 5.26 Å². The lowest BCUT2D eigenvalue weighted by Crippen LogP contribution is -2.20. The molecule has 0 saturated heterocycles. The van der Waals surface area contributed by atoms with Crippen molar-refractivity contribution in [3.05, 3.63) is 28.2 Å². The molecular weight excluding hydrogens is 178 g/mol. The predicted molar refractivity (Wildman–Crippen MR) is 54.7 cm³/mol. The van der Waals surface area contributed by atoms with E-state index in [0.717, 1.165) is 5.56 Å². The van der Waals surface area contributed by atoms with Crippen LogP contribution in [0.3, 0.4) is 0 Å². The summed E-state index contributed by atoms with van der Waals surface area (Å²) < 4.78 is 1.54. The van der Waals surface area contributed by atoms with Gasteiger partial charge in [-0.15, -0.1) is 0 Å². The molecule has 1 aromatic rings. The van der Waals surface area contributed by atoms with E-state index in [1.54, 1.807) is 17.7 Å². The van der Waals surface area contributed by atoms with Gasteiger partial charge < -0.3 is 10.3 Å². The summed E-state index contributed by atoms with van der Waals surface area (Å²) in [7, 11) is 0. The van der Waals surface area contributed by atoms with Crippen molar-refractivity contribution >= 4 is 5.69 Å². The number of pyridine rings is 1. The maximum Gasteiger partial charge on any atom is 0.250 e. The first-order chi connectivity index (χ1) is 6.65. The molecular formula is C10H13N3O. The van der Waals surface area contributed by atoms with Crippen LogP contribution in [0.5, 0.6) is 0 Å². The van der Waals surface area contributed by atoms with Gasteiger partial charge in [-0.3, -0.25) is 4.79 Å². The van der Waals surface area contributed by atoms with Gasteiger partial charge in [0.05, 0.1) is 11.8 Å². The summed E-state index contributed by atoms with van der Waals surface area (Å²) in [5.41, 5.74) is 7.02. The van der Waals surface area contributed by atoms with Crippen LogP contribution in [0.4, 0.5) is 5.69 Å². The Labute approximate surface area is 82.6 Å². The molecule has 4 heteroatoms. The standard InChI is InChI=1S/C10H13N3O/c1-8-6-10(14)13(7-9(8)12)5-3-2-4-11/h6-7H,2-3,5,12H2,1H3. The smallest absolute Gasteiger partial charge is 0.250 e. The largest absolute Gasteiger partial charge is 0.397 e. The van der Waals surface area contributed by atoms with Crippen LogP contribution in [0, 0.1) is 18.3 Å². The maximum atomic E-state index is 11.4. The number of rotatable bonds is 3. The van der Waals surface area contributed by atoms with E-state index < -0.39 is 0 Å². The molecule has 0 fully saturated rings. The third-order valence-corrected chi connectivity index (χ3v) is 2.06. The first-order valence-corrected chi connectivity index (χ1v) is 4.48. The Hall–Kier alpha value is -1.76. The number of unbranched alkanes of at least 4 members (excludes halogenated alkanes) is 1. The Morgan fingerprint density at radius 1 is 1.64 bits per heavy atom. The molecule has 0 amide bonds. The van der Waals surface area contributed by atoms with Crippen molar-refractivity contribution in [2.45, 2.75) is 26.3 Å². The number of nitrogens with two attached hydrogens (primary N) is 1. The highest BCUT2D eigenvalue weighted by Crippen LogP contribution is 2.05. The molecule has 4 nitrogen and oxygen atoms in total. The molecule has 0 aliphatic rings. The Kier molecular flexibility index (Phi) is 3.29. The molecule has 0 atom stereocenters. The Balaban J connectivity index is 2.83. The average molecular weight is 191 g/mol. The predicted octanol–water partition coefficient (Wildman–Crippen LogP) is 1.04. The van der Waals surface area contributed by atoms with Crippen LogP contribution in [0.25, 0.3) is 0 Å². The van der Waals surface area contributed by atoms with Gasteiger partial charge in [0, 0.05) is 25.2 Å². The molecule has 2 N–H and O–H groups in total. The zero-order valence-corrected chi connectivity index (χ0v) is 8.16. The minimum Gasteiger partial charge on any atom is -0.397 e. The summed E-state index contributed by atoms with van der Waals surface area (Å²) in [6, 6.07) is 3.55. The fourth-order valence-corrected chi connectivity index (χ4v) is 1.19. The second-order valence-corrected chi connectivity index (χ2v) is 3.21. The quantitative estimate of drug-likeness (QED) is 0.725. The van der Waals surface area contributed by atoms with E-state index in [4.69, 9.17) is 11.0 Å². The van der Waals surface area contributed by atoms with Gasteiger partial charge in [0.2, 0.25) is 0 Å². The van der Waals surface area contributed by atoms with Crippen molar-refractivity contribution in [3.63, 3.8) is 0 Å². The van der Waals surface area contributed by atoms with Crippen LogP contribution in [-0.4, -0.2) is 4.57 Å². The van der Waals surface area contributed by atoms with Crippen molar-refractivity contribution in [1.29, 1.82) is 5.26 Å². The SMILES string of the molecule is Cc1cc(=O)n(CCCC#N)cc1N. The molecule has 0 unspecified atom stereocenters. The van der Waals surface area contributed by atoms with Gasteiger partial charge in [0.15, 0.2) is 0 Å². The van der Waals surface area contributed by atoms with E-state index in [0.29, 0.717) is 25.1 Å². The van der Waals surface area contributed by atoms with Gasteiger partial charge in [-0.25, -0.2) is 0 Å². The highest BCUT2D eigenvalue weighted by molar-refractivity contribution is 5.42. The molecule has 0 aliphatic carbocycles. The molecule has 0 spiro atoms. The fourth-order valence-electron chi connectivity index (χ4n) is 1.19. The van der Waals surface area contributed by atoms with E-state index in [1.165, 1.54) is 6.07 Å². The Morgan fingerprint density at radius 3 is 3.00 bits per heavy atom. The number of aromatic nitrogens is 1. The Morgan fingerprint density at radius 2 is 2.36 bits per heavy atom. The van der Waals surface area contributed by atoms with E-state index in [9.17, 15) is 4.79 Å². The zero-order chi connectivity index (χ0) is 10.6. The minimum absolute atomic E-state index is 0.0605. The molecule has 1 heterocycles. The fraction of sp³-hybridized carbons (Fsp3) is 0.400. The van der Waals surface area contributed by atoms with Crippen LogP contribution in [0.1, 0.15) is 18.4 Å². The summed E-state index contributed by atoms with van der Waals surface area (Å²) in [6.45, 7) is 2.35. The molecule has 14 heavy (non-hydrogen) atoms. The number of aryl methyl sites for hydroxylation is 2. The molecule has 0 radical (unpaired) electrons. The highest BCUT2D eigenvalue weighted by atomic mass is 16.1. The van der Waals surface area contributed by atoms with Gasteiger partial charge in [-0.05, 0) is 18.9 Å². The van der Waals surface area contributed by atoms with Crippen LogP contribution in [0.2, 0.25) is 0 Å². The number of nitrogen functional groups attached to an aromatic ring is 1. The molecule has 1 aromatic heterocycles. The topological polar surface area (TPSA) is 71.8 Å². The van der Waals surface area contributed by atoms with E-state index >= 15 is 0 Å². The second-order valence-electron chi connectivity index (χ2n) is 3.21. The van der Waals surface area contributed by atoms with Gasteiger partial charge in [0.25, 0.3) is 5.56 Å². The summed E-state index contributed by atoms with van der Waals surface area (Å²) >= 11 is 0. The summed E-state index contributed by atoms with van der Waals surface area (Å²) in [4.78, 5) is 11.4. The van der Waals surface area contributed by atoms with Gasteiger partial charge >= 0.3 is 0 Å². The van der Waals surface area contributed by atoms with E-state index in [-0.39, 0.29) is 5.56 Å². The van der Waals surface area contributed by atoms with Gasteiger partial charge in [0.1, 0.15) is 0 Å². The number of anilines is 1. The first-order valence-electron chi connectivity index (χ1n) is 4.48. The summed E-state index contributed by atoms with van der Waals surface area (Å²) in [5.74, 6) is 0. The number of hydrogen-bond donors (Lipinski definition) is 1. The Bertz CT molecular complexity index is 414. The summed E-state index contributed by atoms with van der Waals surface area (Å²) in [6.07, 6.45) is 2.77. The van der Waals surface area contributed by atoms with Crippen molar-refractivity contribution in [3.8, 4) is 6.07 Å². The van der Waals surface area contributed by atoms with Crippen molar-refractivity contribution < 1.29 is 0 Å². The molecule has 0 bridgehead atoms. The molecule has 0 aromatic carbocycles. The number of nitrogens with zero attached hydrogens (tertiary/aromatic N) is 2. The number of nitriles is 1. The third-order valence-electron chi connectivity index (χ3n) is 2.06. The highest BCUT2D eigenvalue weighted by Gasteiger charge is 1.99. The first kappa shape index (κ1) is 10.3. The lowest BCUT2D eigenvalue weighted by atomic mass is 10.2. The second kappa shape index (κ2) is 4.47. The lowest BCUT2D eigenvalue weighted by Gasteiger charge is -2.06. The lowest BCUT2D eigenvalue weighted by molar-refractivity contribution is 0.632. The monoisotopic (exact) mass is 191 g/mol. The molecule has 0 aliphatic heterocycles. The van der Waals surface area contributed by atoms with E-state index in [2.05, 4.69) is 0 Å². The van der Waals surface area contributed by atoms with E-state index in [1.807, 2.05) is 6.07 Å².